The first-order chi connectivity index (χ1) is 15.7. The van der Waals surface area contributed by atoms with Crippen molar-refractivity contribution in [3.63, 3.8) is 0 Å². The molecule has 33 heavy (non-hydrogen) atoms. The van der Waals surface area contributed by atoms with Crippen molar-refractivity contribution < 1.29 is 9.59 Å². The van der Waals surface area contributed by atoms with E-state index in [1.54, 1.807) is 42.2 Å². The van der Waals surface area contributed by atoms with E-state index < -0.39 is 6.04 Å². The fraction of sp³-hybridized carbons (Fsp3) is 0.417. The lowest BCUT2D eigenvalue weighted by molar-refractivity contribution is -0.138. The maximum Gasteiger partial charge on any atom is 0.242 e. The number of carbonyl (C=O) groups excluding carboxylic acids is 2. The molecule has 0 aromatic heterocycles. The van der Waals surface area contributed by atoms with E-state index in [0.29, 0.717) is 25.8 Å². The quantitative estimate of drug-likeness (QED) is 0.367. The standard InChI is InChI=1S/C24H26Cl4N2O2S/c1-15(24(32)29-19-4-2-3-5-19)30(12-17-7-8-18(25)11-21(17)27)23(31)14-33-13-16-6-9-20(26)22(28)10-16/h6-11,15,19H,2-5,12-14H2,1H3,(H,29,32)/t15-/m0/s1. The third-order valence-electron chi connectivity index (χ3n) is 5.70. The van der Waals surface area contributed by atoms with E-state index in [-0.39, 0.29) is 30.2 Å². The summed E-state index contributed by atoms with van der Waals surface area (Å²) < 4.78 is 0. The molecule has 9 heteroatoms. The highest BCUT2D eigenvalue weighted by atomic mass is 35.5. The Morgan fingerprint density at radius 1 is 1.03 bits per heavy atom. The molecule has 0 bridgehead atoms. The van der Waals surface area contributed by atoms with Crippen LogP contribution in [0.1, 0.15) is 43.7 Å². The van der Waals surface area contributed by atoms with Crippen LogP contribution in [0.2, 0.25) is 20.1 Å². The fourth-order valence-corrected chi connectivity index (χ4v) is 5.42. The first-order valence-corrected chi connectivity index (χ1v) is 13.5. The molecular weight excluding hydrogens is 522 g/mol. The Morgan fingerprint density at radius 2 is 1.76 bits per heavy atom. The van der Waals surface area contributed by atoms with Crippen LogP contribution in [0.5, 0.6) is 0 Å². The van der Waals surface area contributed by atoms with E-state index in [0.717, 1.165) is 36.8 Å². The maximum absolute atomic E-state index is 13.2. The van der Waals surface area contributed by atoms with Crippen LogP contribution in [0.4, 0.5) is 0 Å². The molecule has 0 saturated heterocycles. The summed E-state index contributed by atoms with van der Waals surface area (Å²) in [7, 11) is 0. The number of hydrogen-bond acceptors (Lipinski definition) is 3. The van der Waals surface area contributed by atoms with Gasteiger partial charge in [0.25, 0.3) is 0 Å². The van der Waals surface area contributed by atoms with Gasteiger partial charge in [-0.05, 0) is 55.2 Å². The van der Waals surface area contributed by atoms with Gasteiger partial charge in [0.2, 0.25) is 11.8 Å². The van der Waals surface area contributed by atoms with Crippen molar-refractivity contribution >= 4 is 70.0 Å². The molecule has 0 spiro atoms. The topological polar surface area (TPSA) is 49.4 Å². The molecule has 0 unspecified atom stereocenters. The fourth-order valence-electron chi connectivity index (χ4n) is 3.78. The van der Waals surface area contributed by atoms with E-state index >= 15 is 0 Å². The predicted molar refractivity (Wildman–Crippen MR) is 139 cm³/mol. The molecule has 1 aliphatic carbocycles. The zero-order chi connectivity index (χ0) is 24.0. The van der Waals surface area contributed by atoms with Crippen molar-refractivity contribution in [2.45, 2.75) is 57.0 Å². The average Bonchev–Trinajstić information content (AvgIpc) is 3.28. The molecule has 1 atom stereocenters. The number of benzene rings is 2. The summed E-state index contributed by atoms with van der Waals surface area (Å²) in [5.41, 5.74) is 1.71. The zero-order valence-electron chi connectivity index (χ0n) is 18.3. The van der Waals surface area contributed by atoms with Crippen molar-refractivity contribution in [2.24, 2.45) is 0 Å². The molecular formula is C24H26Cl4N2O2S. The normalized spacial score (nSPS) is 14.8. The molecule has 2 aromatic rings. The van der Waals surface area contributed by atoms with Gasteiger partial charge in [-0.15, -0.1) is 11.8 Å². The second-order valence-corrected chi connectivity index (χ2v) is 10.8. The van der Waals surface area contributed by atoms with Gasteiger partial charge in [0.05, 0.1) is 15.8 Å². The maximum atomic E-state index is 13.2. The monoisotopic (exact) mass is 546 g/mol. The Morgan fingerprint density at radius 3 is 2.42 bits per heavy atom. The summed E-state index contributed by atoms with van der Waals surface area (Å²) in [6.07, 6.45) is 4.20. The summed E-state index contributed by atoms with van der Waals surface area (Å²) in [6.45, 7) is 1.98. The smallest absolute Gasteiger partial charge is 0.242 e. The lowest BCUT2D eigenvalue weighted by Gasteiger charge is -2.30. The summed E-state index contributed by atoms with van der Waals surface area (Å²) in [5, 5.41) is 5.06. The number of thioether (sulfide) groups is 1. The molecule has 4 nitrogen and oxygen atoms in total. The molecule has 0 aliphatic heterocycles. The predicted octanol–water partition coefficient (Wildman–Crippen LogP) is 7.01. The average molecular weight is 548 g/mol. The van der Waals surface area contributed by atoms with Crippen molar-refractivity contribution in [3.8, 4) is 0 Å². The molecule has 0 radical (unpaired) electrons. The Hall–Kier alpha value is -1.11. The van der Waals surface area contributed by atoms with E-state index in [9.17, 15) is 9.59 Å². The SMILES string of the molecule is C[C@@H](C(=O)NC1CCCC1)N(Cc1ccc(Cl)cc1Cl)C(=O)CSCc1ccc(Cl)c(Cl)c1. The summed E-state index contributed by atoms with van der Waals surface area (Å²) in [5.74, 6) is 0.530. The van der Waals surface area contributed by atoms with Gasteiger partial charge in [0.15, 0.2) is 0 Å². The lowest BCUT2D eigenvalue weighted by atomic mass is 10.1. The van der Waals surface area contributed by atoms with Gasteiger partial charge < -0.3 is 10.2 Å². The minimum Gasteiger partial charge on any atom is -0.352 e. The van der Waals surface area contributed by atoms with Crippen LogP contribution >= 0.6 is 58.2 Å². The van der Waals surface area contributed by atoms with Gasteiger partial charge in [-0.1, -0.05) is 71.4 Å². The van der Waals surface area contributed by atoms with E-state index in [1.807, 2.05) is 6.07 Å². The molecule has 2 aromatic carbocycles. The number of hydrogen-bond donors (Lipinski definition) is 1. The van der Waals surface area contributed by atoms with Gasteiger partial charge in [0, 0.05) is 28.4 Å². The van der Waals surface area contributed by atoms with Gasteiger partial charge in [-0.3, -0.25) is 9.59 Å². The minimum atomic E-state index is -0.629. The van der Waals surface area contributed by atoms with E-state index in [2.05, 4.69) is 5.32 Å². The number of amides is 2. The highest BCUT2D eigenvalue weighted by Gasteiger charge is 2.28. The molecule has 0 heterocycles. The molecule has 1 saturated carbocycles. The third kappa shape index (κ3) is 7.69. The van der Waals surface area contributed by atoms with Crippen LogP contribution in [-0.2, 0) is 21.9 Å². The van der Waals surface area contributed by atoms with Crippen molar-refractivity contribution in [1.82, 2.24) is 10.2 Å². The lowest BCUT2D eigenvalue weighted by Crippen LogP contribution is -2.50. The number of rotatable bonds is 9. The first-order valence-electron chi connectivity index (χ1n) is 10.8. The highest BCUT2D eigenvalue weighted by molar-refractivity contribution is 7.99. The Bertz CT molecular complexity index is 998. The summed E-state index contributed by atoms with van der Waals surface area (Å²) in [4.78, 5) is 27.8. The Balaban J connectivity index is 1.69. The molecule has 2 amide bonds. The van der Waals surface area contributed by atoms with Crippen LogP contribution in [0.3, 0.4) is 0 Å². The number of halogens is 4. The van der Waals surface area contributed by atoms with E-state index in [4.69, 9.17) is 46.4 Å². The van der Waals surface area contributed by atoms with Gasteiger partial charge >= 0.3 is 0 Å². The van der Waals surface area contributed by atoms with Gasteiger partial charge in [-0.25, -0.2) is 0 Å². The van der Waals surface area contributed by atoms with Crippen molar-refractivity contribution in [3.05, 3.63) is 67.6 Å². The number of nitrogens with one attached hydrogen (secondary N) is 1. The van der Waals surface area contributed by atoms with Crippen molar-refractivity contribution in [1.29, 1.82) is 0 Å². The minimum absolute atomic E-state index is 0.139. The molecule has 178 valence electrons. The highest BCUT2D eigenvalue weighted by Crippen LogP contribution is 2.26. The first kappa shape index (κ1) is 26.5. The summed E-state index contributed by atoms with van der Waals surface area (Å²) in [6, 6.07) is 10.1. The van der Waals surface area contributed by atoms with Gasteiger partial charge in [0.1, 0.15) is 6.04 Å². The van der Waals surface area contributed by atoms with Crippen molar-refractivity contribution in [2.75, 3.05) is 5.75 Å². The van der Waals surface area contributed by atoms with Crippen LogP contribution in [0.15, 0.2) is 36.4 Å². The van der Waals surface area contributed by atoms with Gasteiger partial charge in [-0.2, -0.15) is 0 Å². The summed E-state index contributed by atoms with van der Waals surface area (Å²) >= 11 is 25.9. The number of carbonyl (C=O) groups is 2. The Labute approximate surface area is 219 Å². The van der Waals surface area contributed by atoms with E-state index in [1.165, 1.54) is 11.8 Å². The van der Waals surface area contributed by atoms with Crippen LogP contribution < -0.4 is 5.32 Å². The second kappa shape index (κ2) is 12.6. The van der Waals surface area contributed by atoms with Crippen LogP contribution in [-0.4, -0.2) is 34.6 Å². The van der Waals surface area contributed by atoms with Crippen LogP contribution in [0, 0.1) is 0 Å². The Kier molecular flexibility index (Phi) is 10.1. The largest absolute Gasteiger partial charge is 0.352 e. The number of nitrogens with zero attached hydrogens (tertiary/aromatic N) is 1. The third-order valence-corrected chi connectivity index (χ3v) is 8.02. The molecule has 3 rings (SSSR count). The molecule has 1 fully saturated rings. The molecule has 1 N–H and O–H groups in total. The van der Waals surface area contributed by atoms with Crippen LogP contribution in [0.25, 0.3) is 0 Å². The zero-order valence-corrected chi connectivity index (χ0v) is 22.1. The second-order valence-electron chi connectivity index (χ2n) is 8.16. The molecule has 1 aliphatic rings.